The van der Waals surface area contributed by atoms with Crippen LogP contribution in [0.3, 0.4) is 0 Å². The number of fused-ring (bicyclic) bond motifs is 2. The largest absolute Gasteiger partial charge is 0.429 e. The van der Waals surface area contributed by atoms with E-state index in [2.05, 4.69) is 15.0 Å². The van der Waals surface area contributed by atoms with Crippen LogP contribution < -0.4 is 0 Å². The summed E-state index contributed by atoms with van der Waals surface area (Å²) in [5, 5.41) is 4.78. The third-order valence-corrected chi connectivity index (χ3v) is 6.55. The summed E-state index contributed by atoms with van der Waals surface area (Å²) in [6, 6.07) is 13.1. The lowest BCUT2D eigenvalue weighted by molar-refractivity contribution is 0.0653. The molecule has 0 spiro atoms. The number of nitrogens with zero attached hydrogens (tertiary/aromatic N) is 6. The Labute approximate surface area is 194 Å². The van der Waals surface area contributed by atoms with Gasteiger partial charge in [0.15, 0.2) is 0 Å². The molecule has 6 heterocycles. The van der Waals surface area contributed by atoms with E-state index in [1.165, 1.54) is 0 Å². The number of nitrogens with one attached hydrogen (secondary N) is 1. The number of aromatic nitrogens is 6. The number of imidazole rings is 1. The monoisotopic (exact) mass is 451 g/mol. The highest BCUT2D eigenvalue weighted by Gasteiger charge is 2.41. The maximum Gasteiger partial charge on any atom is 0.292 e. The third kappa shape index (κ3) is 3.04. The van der Waals surface area contributed by atoms with Crippen molar-refractivity contribution in [3.63, 3.8) is 0 Å². The van der Waals surface area contributed by atoms with Crippen LogP contribution in [0.4, 0.5) is 0 Å². The summed E-state index contributed by atoms with van der Waals surface area (Å²) in [6.07, 6.45) is 7.98. The van der Waals surface area contributed by atoms with Gasteiger partial charge in [-0.05, 0) is 43.2 Å². The van der Waals surface area contributed by atoms with Gasteiger partial charge in [0.1, 0.15) is 11.7 Å². The van der Waals surface area contributed by atoms with E-state index in [-0.39, 0.29) is 11.8 Å². The van der Waals surface area contributed by atoms with Gasteiger partial charge in [0.25, 0.3) is 5.91 Å². The Hall–Kier alpha value is -4.27. The van der Waals surface area contributed by atoms with Crippen molar-refractivity contribution in [3.05, 3.63) is 89.7 Å². The van der Waals surface area contributed by atoms with Crippen LogP contribution in [-0.2, 0) is 6.42 Å². The molecule has 0 radical (unpaired) electrons. The van der Waals surface area contributed by atoms with Crippen molar-refractivity contribution < 1.29 is 9.21 Å². The van der Waals surface area contributed by atoms with Gasteiger partial charge in [0.2, 0.25) is 11.7 Å². The molecule has 7 rings (SSSR count). The van der Waals surface area contributed by atoms with E-state index < -0.39 is 6.04 Å². The summed E-state index contributed by atoms with van der Waals surface area (Å²) in [5.41, 5.74) is 4.93. The molecule has 0 bridgehead atoms. The molecule has 168 valence electrons. The highest BCUT2D eigenvalue weighted by molar-refractivity contribution is 5.94. The SMILES string of the molecule is O=C(c1oc(-c2ccccn2)nc1C1CC1)N1CCc2[nH]cnc2[C@H]1c1cc2ccccn2n1. The summed E-state index contributed by atoms with van der Waals surface area (Å²) in [7, 11) is 0. The van der Waals surface area contributed by atoms with E-state index in [0.29, 0.717) is 30.3 Å². The number of oxazole rings is 1. The van der Waals surface area contributed by atoms with Crippen molar-refractivity contribution in [1.82, 2.24) is 34.4 Å². The van der Waals surface area contributed by atoms with Gasteiger partial charge in [0.05, 0.1) is 28.9 Å². The fourth-order valence-corrected chi connectivity index (χ4v) is 4.73. The Balaban J connectivity index is 1.33. The molecule has 0 saturated heterocycles. The Morgan fingerprint density at radius 2 is 2.00 bits per heavy atom. The van der Waals surface area contributed by atoms with E-state index in [1.54, 1.807) is 12.5 Å². The van der Waals surface area contributed by atoms with Crippen molar-refractivity contribution in [2.75, 3.05) is 6.54 Å². The molecule has 1 atom stereocenters. The lowest BCUT2D eigenvalue weighted by Crippen LogP contribution is -2.41. The van der Waals surface area contributed by atoms with Crippen LogP contribution in [0.15, 0.2) is 65.6 Å². The van der Waals surface area contributed by atoms with Crippen LogP contribution >= 0.6 is 0 Å². The number of pyridine rings is 2. The molecule has 5 aromatic rings. The maximum absolute atomic E-state index is 14.0. The number of rotatable bonds is 4. The van der Waals surface area contributed by atoms with Gasteiger partial charge < -0.3 is 14.3 Å². The minimum Gasteiger partial charge on any atom is -0.429 e. The Bertz CT molecular complexity index is 1480. The number of amides is 1. The number of H-pyrrole nitrogens is 1. The van der Waals surface area contributed by atoms with Crippen LogP contribution in [0, 0.1) is 0 Å². The van der Waals surface area contributed by atoms with Gasteiger partial charge in [-0.25, -0.2) is 14.5 Å². The summed E-state index contributed by atoms with van der Waals surface area (Å²) in [4.78, 5) is 32.7. The molecule has 2 aliphatic rings. The Morgan fingerprint density at radius 3 is 2.82 bits per heavy atom. The molecule has 1 fully saturated rings. The quantitative estimate of drug-likeness (QED) is 0.446. The minimum atomic E-state index is -0.419. The third-order valence-electron chi connectivity index (χ3n) is 6.55. The predicted molar refractivity (Wildman–Crippen MR) is 122 cm³/mol. The zero-order chi connectivity index (χ0) is 22.6. The molecule has 1 aliphatic heterocycles. The van der Waals surface area contributed by atoms with Crippen molar-refractivity contribution >= 4 is 11.4 Å². The number of aromatic amines is 1. The van der Waals surface area contributed by atoms with Crippen molar-refractivity contribution in [3.8, 4) is 11.6 Å². The number of carbonyl (C=O) groups excluding carboxylic acids is 1. The van der Waals surface area contributed by atoms with Gasteiger partial charge in [-0.1, -0.05) is 12.1 Å². The fourth-order valence-electron chi connectivity index (χ4n) is 4.73. The van der Waals surface area contributed by atoms with Crippen LogP contribution in [0.2, 0.25) is 0 Å². The van der Waals surface area contributed by atoms with E-state index in [4.69, 9.17) is 14.5 Å². The lowest BCUT2D eigenvalue weighted by Gasteiger charge is -2.33. The molecule has 0 unspecified atom stereocenters. The number of hydrogen-bond donors (Lipinski definition) is 1. The van der Waals surface area contributed by atoms with E-state index in [9.17, 15) is 4.79 Å². The van der Waals surface area contributed by atoms with Gasteiger partial charge in [-0.3, -0.25) is 9.78 Å². The van der Waals surface area contributed by atoms with Crippen LogP contribution in [0.5, 0.6) is 0 Å². The number of hydrogen-bond acceptors (Lipinski definition) is 6. The molecule has 1 amide bonds. The normalized spacial score (nSPS) is 17.8. The predicted octanol–water partition coefficient (Wildman–Crippen LogP) is 3.77. The van der Waals surface area contributed by atoms with Gasteiger partial charge in [-0.15, -0.1) is 0 Å². The highest BCUT2D eigenvalue weighted by Crippen LogP contribution is 2.43. The first-order valence-corrected chi connectivity index (χ1v) is 11.5. The lowest BCUT2D eigenvalue weighted by atomic mass is 9.99. The second-order valence-electron chi connectivity index (χ2n) is 8.78. The zero-order valence-electron chi connectivity index (χ0n) is 18.3. The Kier molecular flexibility index (Phi) is 4.17. The van der Waals surface area contributed by atoms with E-state index in [1.807, 2.05) is 58.1 Å². The number of carbonyl (C=O) groups is 1. The smallest absolute Gasteiger partial charge is 0.292 e. The fraction of sp³-hybridized carbons (Fsp3) is 0.240. The molecule has 9 nitrogen and oxygen atoms in total. The molecule has 0 aromatic carbocycles. The van der Waals surface area contributed by atoms with Gasteiger partial charge in [-0.2, -0.15) is 5.10 Å². The topological polar surface area (TPSA) is 105 Å². The Morgan fingerprint density at radius 1 is 1.09 bits per heavy atom. The molecular weight excluding hydrogens is 430 g/mol. The van der Waals surface area contributed by atoms with Crippen LogP contribution in [-0.4, -0.2) is 46.9 Å². The van der Waals surface area contributed by atoms with Gasteiger partial charge in [0, 0.05) is 37.0 Å². The van der Waals surface area contributed by atoms with Gasteiger partial charge >= 0.3 is 0 Å². The summed E-state index contributed by atoms with van der Waals surface area (Å²) in [6.45, 7) is 0.524. The van der Waals surface area contributed by atoms with Crippen LogP contribution in [0.1, 0.15) is 58.1 Å². The standard InChI is InChI=1S/C25H21N7O2/c33-25(23-20(15-7-8-15)29-24(34-23)18-6-1-3-10-26-18)31-12-9-17-21(28-14-27-17)22(31)19-13-16-5-2-4-11-32(16)30-19/h1-6,10-11,13-15,22H,7-9,12H2,(H,27,28)/t22-/m1/s1. The van der Waals surface area contributed by atoms with Crippen molar-refractivity contribution in [2.24, 2.45) is 0 Å². The molecule has 9 heteroatoms. The molecule has 1 N–H and O–H groups in total. The average Bonchev–Trinajstić information content (AvgIpc) is 3.28. The molecule has 1 aliphatic carbocycles. The van der Waals surface area contributed by atoms with Crippen molar-refractivity contribution in [2.45, 2.75) is 31.2 Å². The average molecular weight is 451 g/mol. The first-order chi connectivity index (χ1) is 16.8. The summed E-state index contributed by atoms with van der Waals surface area (Å²) >= 11 is 0. The van der Waals surface area contributed by atoms with Crippen molar-refractivity contribution in [1.29, 1.82) is 0 Å². The summed E-state index contributed by atoms with van der Waals surface area (Å²) < 4.78 is 7.93. The molecule has 5 aromatic heterocycles. The van der Waals surface area contributed by atoms with E-state index in [0.717, 1.165) is 41.1 Å². The highest BCUT2D eigenvalue weighted by atomic mass is 16.4. The molecule has 1 saturated carbocycles. The first-order valence-electron chi connectivity index (χ1n) is 11.5. The second kappa shape index (κ2) is 7.38. The second-order valence-corrected chi connectivity index (χ2v) is 8.78. The summed E-state index contributed by atoms with van der Waals surface area (Å²) in [5.74, 6) is 0.746. The molecular formula is C25H21N7O2. The van der Waals surface area contributed by atoms with Crippen LogP contribution in [0.25, 0.3) is 17.1 Å². The zero-order valence-corrected chi connectivity index (χ0v) is 18.3. The maximum atomic E-state index is 14.0. The first kappa shape index (κ1) is 19.2. The van der Waals surface area contributed by atoms with E-state index >= 15 is 0 Å². The minimum absolute atomic E-state index is 0.188. The molecule has 34 heavy (non-hydrogen) atoms.